The van der Waals surface area contributed by atoms with Gasteiger partial charge in [-0.2, -0.15) is 5.26 Å². The van der Waals surface area contributed by atoms with Crippen LogP contribution in [0.4, 0.5) is 0 Å². The van der Waals surface area contributed by atoms with Crippen LogP contribution in [0.2, 0.25) is 0 Å². The molecule has 0 spiro atoms. The van der Waals surface area contributed by atoms with Crippen LogP contribution in [-0.4, -0.2) is 9.97 Å². The van der Waals surface area contributed by atoms with Crippen molar-refractivity contribution in [2.75, 3.05) is 0 Å². The van der Waals surface area contributed by atoms with E-state index in [0.29, 0.717) is 6.42 Å². The zero-order chi connectivity index (χ0) is 10.5. The Bertz CT molecular complexity index is 499. The summed E-state index contributed by atoms with van der Waals surface area (Å²) in [5, 5.41) is 8.44. The fourth-order valence-corrected chi connectivity index (χ4v) is 1.50. The van der Waals surface area contributed by atoms with E-state index in [1.807, 2.05) is 24.4 Å². The number of aromatic nitrogens is 2. The molecule has 0 aliphatic carbocycles. The molecule has 0 amide bonds. The minimum Gasteiger partial charge on any atom is -0.255 e. The van der Waals surface area contributed by atoms with E-state index in [-0.39, 0.29) is 0 Å². The topological polar surface area (TPSA) is 49.6 Å². The number of unbranched alkanes of at least 4 members (excludes halogenated alkanes) is 1. The summed E-state index contributed by atoms with van der Waals surface area (Å²) in [6.07, 6.45) is 6.01. The molecule has 0 unspecified atom stereocenters. The maximum atomic E-state index is 8.44. The molecule has 0 radical (unpaired) electrons. The van der Waals surface area contributed by atoms with Crippen molar-refractivity contribution in [1.29, 1.82) is 5.26 Å². The van der Waals surface area contributed by atoms with Crippen LogP contribution in [-0.2, 0) is 6.42 Å². The highest BCUT2D eigenvalue weighted by Crippen LogP contribution is 2.11. The Morgan fingerprint density at radius 1 is 1.27 bits per heavy atom. The van der Waals surface area contributed by atoms with Crippen LogP contribution in [0.15, 0.2) is 30.6 Å². The molecule has 0 aliphatic heterocycles. The van der Waals surface area contributed by atoms with Gasteiger partial charge in [-0.15, -0.1) is 0 Å². The smallest absolute Gasteiger partial charge is 0.0889 e. The standard InChI is InChI=1S/C12H11N3/c13-6-2-1-4-10-8-12-11(15-9-10)5-3-7-14-12/h3,5,7-9H,1-2,4H2. The summed E-state index contributed by atoms with van der Waals surface area (Å²) < 4.78 is 0. The SMILES string of the molecule is N#CCCCc1cnc2cccnc2c1. The second kappa shape index (κ2) is 4.52. The lowest BCUT2D eigenvalue weighted by atomic mass is 10.1. The van der Waals surface area contributed by atoms with Gasteiger partial charge in [-0.3, -0.25) is 9.97 Å². The summed E-state index contributed by atoms with van der Waals surface area (Å²) in [5.41, 5.74) is 2.99. The van der Waals surface area contributed by atoms with Gasteiger partial charge in [-0.1, -0.05) is 0 Å². The Hall–Kier alpha value is -1.95. The second-order valence-corrected chi connectivity index (χ2v) is 3.40. The Kier molecular flexibility index (Phi) is 2.89. The molecule has 2 aromatic rings. The maximum Gasteiger partial charge on any atom is 0.0889 e. The van der Waals surface area contributed by atoms with Crippen molar-refractivity contribution in [1.82, 2.24) is 9.97 Å². The van der Waals surface area contributed by atoms with Gasteiger partial charge in [0.25, 0.3) is 0 Å². The van der Waals surface area contributed by atoms with Crippen molar-refractivity contribution in [2.45, 2.75) is 19.3 Å². The normalized spacial score (nSPS) is 10.1. The van der Waals surface area contributed by atoms with Crippen molar-refractivity contribution in [3.8, 4) is 6.07 Å². The molecule has 2 rings (SSSR count). The first-order valence-corrected chi connectivity index (χ1v) is 4.97. The number of aryl methyl sites for hydroxylation is 1. The maximum absolute atomic E-state index is 8.44. The molecule has 0 fully saturated rings. The minimum atomic E-state index is 0.597. The van der Waals surface area contributed by atoms with Gasteiger partial charge < -0.3 is 0 Å². The Morgan fingerprint density at radius 3 is 3.07 bits per heavy atom. The molecule has 0 bridgehead atoms. The van der Waals surface area contributed by atoms with Crippen LogP contribution in [0.5, 0.6) is 0 Å². The first-order valence-electron chi connectivity index (χ1n) is 4.97. The van der Waals surface area contributed by atoms with Crippen LogP contribution in [0, 0.1) is 11.3 Å². The van der Waals surface area contributed by atoms with Gasteiger partial charge in [-0.05, 0) is 36.6 Å². The zero-order valence-electron chi connectivity index (χ0n) is 8.35. The van der Waals surface area contributed by atoms with Crippen LogP contribution in [0.1, 0.15) is 18.4 Å². The Balaban J connectivity index is 2.20. The number of fused-ring (bicyclic) bond motifs is 1. The number of rotatable bonds is 3. The number of nitriles is 1. The summed E-state index contributed by atoms with van der Waals surface area (Å²) in [7, 11) is 0. The van der Waals surface area contributed by atoms with E-state index in [9.17, 15) is 0 Å². The molecule has 2 aromatic heterocycles. The summed E-state index contributed by atoms with van der Waals surface area (Å²) in [4.78, 5) is 8.56. The predicted octanol–water partition coefficient (Wildman–Crippen LogP) is 2.48. The Labute approximate surface area is 88.4 Å². The lowest BCUT2D eigenvalue weighted by Gasteiger charge is -2.00. The summed E-state index contributed by atoms with van der Waals surface area (Å²) in [6, 6.07) is 8.01. The van der Waals surface area contributed by atoms with Gasteiger partial charge in [-0.25, -0.2) is 0 Å². The quantitative estimate of drug-likeness (QED) is 0.710. The van der Waals surface area contributed by atoms with E-state index in [1.54, 1.807) is 6.20 Å². The van der Waals surface area contributed by atoms with Gasteiger partial charge in [0.1, 0.15) is 0 Å². The average molecular weight is 197 g/mol. The third-order valence-electron chi connectivity index (χ3n) is 2.26. The largest absolute Gasteiger partial charge is 0.255 e. The average Bonchev–Trinajstić information content (AvgIpc) is 2.29. The van der Waals surface area contributed by atoms with E-state index in [1.165, 1.54) is 0 Å². The van der Waals surface area contributed by atoms with Gasteiger partial charge in [0, 0.05) is 18.8 Å². The van der Waals surface area contributed by atoms with Crippen LogP contribution >= 0.6 is 0 Å². The van der Waals surface area contributed by atoms with Gasteiger partial charge in [0.2, 0.25) is 0 Å². The molecule has 0 N–H and O–H groups in total. The fraction of sp³-hybridized carbons (Fsp3) is 0.250. The molecule has 0 saturated carbocycles. The molecule has 0 saturated heterocycles. The monoisotopic (exact) mass is 197 g/mol. The molecule has 0 aromatic carbocycles. The fourth-order valence-electron chi connectivity index (χ4n) is 1.50. The summed E-state index contributed by atoms with van der Waals surface area (Å²) >= 11 is 0. The first kappa shape index (κ1) is 9.60. The van der Waals surface area contributed by atoms with Crippen molar-refractivity contribution < 1.29 is 0 Å². The third-order valence-corrected chi connectivity index (χ3v) is 2.26. The van der Waals surface area contributed by atoms with Gasteiger partial charge >= 0.3 is 0 Å². The highest BCUT2D eigenvalue weighted by molar-refractivity contribution is 5.73. The van der Waals surface area contributed by atoms with E-state index in [2.05, 4.69) is 16.0 Å². The lowest BCUT2D eigenvalue weighted by Crippen LogP contribution is -1.89. The molecule has 0 atom stereocenters. The first-order chi connectivity index (χ1) is 7.40. The molecule has 74 valence electrons. The Morgan fingerprint density at radius 2 is 2.20 bits per heavy atom. The van der Waals surface area contributed by atoms with Crippen molar-refractivity contribution in [3.05, 3.63) is 36.2 Å². The van der Waals surface area contributed by atoms with Crippen LogP contribution in [0.3, 0.4) is 0 Å². The highest BCUT2D eigenvalue weighted by atomic mass is 14.7. The molecule has 2 heterocycles. The molecular weight excluding hydrogens is 186 g/mol. The second-order valence-electron chi connectivity index (χ2n) is 3.40. The number of nitrogens with zero attached hydrogens (tertiary/aromatic N) is 3. The zero-order valence-corrected chi connectivity index (χ0v) is 8.35. The molecule has 15 heavy (non-hydrogen) atoms. The van der Waals surface area contributed by atoms with E-state index in [4.69, 9.17) is 5.26 Å². The van der Waals surface area contributed by atoms with Gasteiger partial charge in [0.05, 0.1) is 17.1 Å². The highest BCUT2D eigenvalue weighted by Gasteiger charge is 1.98. The van der Waals surface area contributed by atoms with Gasteiger partial charge in [0.15, 0.2) is 0 Å². The number of hydrogen-bond donors (Lipinski definition) is 0. The van der Waals surface area contributed by atoms with Crippen molar-refractivity contribution >= 4 is 11.0 Å². The van der Waals surface area contributed by atoms with Crippen molar-refractivity contribution in [2.24, 2.45) is 0 Å². The van der Waals surface area contributed by atoms with Crippen molar-refractivity contribution in [3.63, 3.8) is 0 Å². The van der Waals surface area contributed by atoms with Crippen LogP contribution in [0.25, 0.3) is 11.0 Å². The lowest BCUT2D eigenvalue weighted by molar-refractivity contribution is 0.847. The molecule has 3 nitrogen and oxygen atoms in total. The van der Waals surface area contributed by atoms with E-state index in [0.717, 1.165) is 29.4 Å². The van der Waals surface area contributed by atoms with E-state index >= 15 is 0 Å². The summed E-state index contributed by atoms with van der Waals surface area (Å²) in [6.45, 7) is 0. The number of hydrogen-bond acceptors (Lipinski definition) is 3. The predicted molar refractivity (Wildman–Crippen MR) is 58.1 cm³/mol. The third kappa shape index (κ3) is 2.29. The minimum absolute atomic E-state index is 0.597. The summed E-state index contributed by atoms with van der Waals surface area (Å²) in [5.74, 6) is 0. The molecule has 3 heteroatoms. The molecular formula is C12H11N3. The molecule has 0 aliphatic rings. The number of pyridine rings is 2. The van der Waals surface area contributed by atoms with Crippen LogP contribution < -0.4 is 0 Å². The van der Waals surface area contributed by atoms with E-state index < -0.39 is 0 Å².